The second kappa shape index (κ2) is 52.3. The molecule has 1 unspecified atom stereocenters. The van der Waals surface area contributed by atoms with Crippen LogP contribution in [0.15, 0.2) is 218 Å². The maximum Gasteiger partial charge on any atom is 0.243 e. The molecule has 15 N–H and O–H groups in total. The number of Topliss-reactive ketones (excluding diaryl/α,β-unsaturated/α-hetero) is 4. The first-order chi connectivity index (χ1) is 70.6. The number of hydrogen-bond acceptors (Lipinski definition) is 23. The molecule has 4 saturated carbocycles. The highest BCUT2D eigenvalue weighted by atomic mass is 16.5. The quantitative estimate of drug-likeness (QED) is 0.0173. The SMILES string of the molecule is COc1ccc(CC(NC(=O)[C@H]2CNC(=O)C2)C(=O)N[C@H](Cc2ccccc2)C(=O)C2(C)CC2)cc1.COc1ccc(C[C@H](NC(=O)[C@@H]2NCCC[C@@H]2O)C(=O)N[C@@H](Cc2ccccc2)C(=O)C2(C)CC2)cc1.COc1ccc(C[C@H](NC(=O)[C@@H]2NCCC[C@H]2O)C(=O)N[C@@H](Cc2ccccc2)C(=O)C2(C)CC2)cc1.COc1ccc(C[C@H](NC(=O)[C@H]2NCCC[C@@H]2O)C(=O)N[C@@H](Cc2ccccc2)C(=O)C2(C)CC2)cc1. The van der Waals surface area contributed by atoms with Crippen LogP contribution in [0.2, 0.25) is 0 Å². The van der Waals surface area contributed by atoms with E-state index in [9.17, 15) is 77.6 Å². The zero-order valence-electron chi connectivity index (χ0n) is 85.3. The van der Waals surface area contributed by atoms with Crippen LogP contribution in [0, 0.1) is 27.6 Å². The van der Waals surface area contributed by atoms with Crippen LogP contribution in [0.5, 0.6) is 23.0 Å². The molecule has 4 aliphatic carbocycles. The van der Waals surface area contributed by atoms with Gasteiger partial charge in [-0.3, -0.25) is 62.3 Å². The van der Waals surface area contributed by atoms with Gasteiger partial charge in [-0.15, -0.1) is 0 Å². The van der Waals surface area contributed by atoms with Gasteiger partial charge in [0, 0.05) is 60.3 Å². The summed E-state index contributed by atoms with van der Waals surface area (Å²) in [6.45, 7) is 9.85. The van der Waals surface area contributed by atoms with E-state index in [1.165, 1.54) is 0 Å². The Morgan fingerprint density at radius 2 is 0.497 bits per heavy atom. The molecule has 0 spiro atoms. The smallest absolute Gasteiger partial charge is 0.243 e. The molecule has 32 heteroatoms. The molecule has 147 heavy (non-hydrogen) atoms. The number of benzene rings is 8. The highest BCUT2D eigenvalue weighted by Crippen LogP contribution is 2.50. The number of amides is 9. The van der Waals surface area contributed by atoms with Gasteiger partial charge in [0.1, 0.15) is 65.3 Å². The molecule has 784 valence electrons. The van der Waals surface area contributed by atoms with Gasteiger partial charge in [-0.05, 0) is 228 Å². The van der Waals surface area contributed by atoms with Gasteiger partial charge in [-0.25, -0.2) is 0 Å². The number of carbonyl (C=O) groups excluding carboxylic acids is 13. The van der Waals surface area contributed by atoms with Crippen molar-refractivity contribution < 1.29 is 96.6 Å². The van der Waals surface area contributed by atoms with Crippen LogP contribution in [-0.4, -0.2) is 231 Å². The fourth-order valence-electron chi connectivity index (χ4n) is 18.9. The lowest BCUT2D eigenvalue weighted by atomic mass is 9.92. The van der Waals surface area contributed by atoms with Crippen LogP contribution in [0.25, 0.3) is 0 Å². The van der Waals surface area contributed by atoms with E-state index in [0.717, 1.165) is 115 Å². The molecule has 4 saturated heterocycles. The molecule has 9 amide bonds. The average molecular weight is 2010 g/mol. The first kappa shape index (κ1) is 111. The summed E-state index contributed by atoms with van der Waals surface area (Å²) in [7, 11) is 6.32. The Morgan fingerprint density at radius 1 is 0.293 bits per heavy atom. The van der Waals surface area contributed by atoms with E-state index in [2.05, 4.69) is 63.8 Å². The third-order valence-electron chi connectivity index (χ3n) is 29.4. The Labute approximate surface area is 860 Å². The number of aliphatic hydroxyl groups excluding tert-OH is 3. The second-order valence-electron chi connectivity index (χ2n) is 41.3. The fraction of sp³-hybridized carbons (Fsp3) is 0.470. The number of hydrogen-bond donors (Lipinski definition) is 15. The van der Waals surface area contributed by atoms with Crippen LogP contribution in [-0.2, 0) is 114 Å². The Bertz CT molecular complexity index is 5360. The van der Waals surface area contributed by atoms with E-state index in [0.29, 0.717) is 87.6 Å². The van der Waals surface area contributed by atoms with Crippen LogP contribution < -0.4 is 82.7 Å². The molecule has 0 radical (unpaired) electrons. The van der Waals surface area contributed by atoms with Crippen molar-refractivity contribution in [3.63, 3.8) is 0 Å². The Balaban J connectivity index is 0.000000164. The molecule has 4 aliphatic heterocycles. The molecular weight excluding hydrogens is 1870 g/mol. The predicted molar refractivity (Wildman–Crippen MR) is 554 cm³/mol. The maximum absolute atomic E-state index is 13.6. The number of ether oxygens (including phenoxy) is 4. The van der Waals surface area contributed by atoms with Gasteiger partial charge in [0.2, 0.25) is 53.2 Å². The Kier molecular flexibility index (Phi) is 39.4. The summed E-state index contributed by atoms with van der Waals surface area (Å²) in [4.78, 5) is 172. The van der Waals surface area contributed by atoms with Crippen LogP contribution in [0.4, 0.5) is 0 Å². The molecule has 0 bridgehead atoms. The van der Waals surface area contributed by atoms with Crippen LogP contribution in [0.1, 0.15) is 169 Å². The largest absolute Gasteiger partial charge is 0.497 e. The minimum Gasteiger partial charge on any atom is -0.497 e. The van der Waals surface area contributed by atoms with Crippen molar-refractivity contribution >= 4 is 76.3 Å². The van der Waals surface area contributed by atoms with E-state index in [-0.39, 0.29) is 73.6 Å². The summed E-state index contributed by atoms with van der Waals surface area (Å²) in [5.41, 5.74) is 5.46. The summed E-state index contributed by atoms with van der Waals surface area (Å²) in [6.07, 6.45) is 10.5. The molecule has 4 heterocycles. The van der Waals surface area contributed by atoms with Gasteiger partial charge < -0.3 is 98.1 Å². The van der Waals surface area contributed by atoms with Crippen molar-refractivity contribution in [2.75, 3.05) is 54.6 Å². The zero-order chi connectivity index (χ0) is 105. The van der Waals surface area contributed by atoms with Gasteiger partial charge >= 0.3 is 0 Å². The van der Waals surface area contributed by atoms with Gasteiger partial charge in [0.15, 0.2) is 23.1 Å². The molecule has 8 aromatic rings. The van der Waals surface area contributed by atoms with E-state index in [1.54, 1.807) is 77.0 Å². The zero-order valence-corrected chi connectivity index (χ0v) is 85.3. The molecule has 8 fully saturated rings. The van der Waals surface area contributed by atoms with Gasteiger partial charge in [0.25, 0.3) is 0 Å². The number of carbonyl (C=O) groups is 13. The van der Waals surface area contributed by atoms with E-state index < -0.39 is 154 Å². The number of methoxy groups -OCH3 is 4. The standard InChI is InChI=1S/3C29H37N3O5.C28H33N3O5/c3*1-29(14-15-29)26(34)22(17-19-7-4-3-5-8-19)31-27(35)23(18-20-10-12-21(37-2)13-11-20)32-28(36)25-24(33)9-6-16-30-25;1-28(12-13-28)25(33)22(14-18-6-4-3-5-7-18)30-27(35)23(15-19-8-10-21(36-2)11-9-19)31-26(34)20-16-24(32)29-17-20/h3*3-5,7-8,10-13,22-25,30,33H,6,9,14-18H2,1-2H3,(H,31,35)(H,32,36);3-11,20,22-23H,12-17H2,1-2H3,(H,29,32)(H,30,35)(H,31,34)/t22-,23-,24+,25+;22-,23-,24-,25+;22-,23-,24-,25-;20-,22-,23?/m0001/s1. The first-order valence-corrected chi connectivity index (χ1v) is 51.4. The van der Waals surface area contributed by atoms with E-state index in [4.69, 9.17) is 18.9 Å². The molecule has 32 nitrogen and oxygen atoms in total. The topological polar surface area (TPSA) is 464 Å². The van der Waals surface area contributed by atoms with Crippen molar-refractivity contribution in [1.29, 1.82) is 0 Å². The monoisotopic (exact) mass is 2010 g/mol. The molecule has 15 atom stereocenters. The third-order valence-corrected chi connectivity index (χ3v) is 29.4. The Morgan fingerprint density at radius 3 is 0.687 bits per heavy atom. The van der Waals surface area contributed by atoms with Crippen molar-refractivity contribution in [2.24, 2.45) is 27.6 Å². The van der Waals surface area contributed by atoms with Crippen LogP contribution >= 0.6 is 0 Å². The molecule has 0 aromatic heterocycles. The molecule has 8 aromatic carbocycles. The lowest BCUT2D eigenvalue weighted by Crippen LogP contribution is -2.60. The summed E-state index contributed by atoms with van der Waals surface area (Å²) >= 11 is 0. The van der Waals surface area contributed by atoms with Crippen molar-refractivity contribution in [3.8, 4) is 23.0 Å². The Hall–Kier alpha value is -13.4. The second-order valence-corrected chi connectivity index (χ2v) is 41.3. The predicted octanol–water partition coefficient (Wildman–Crippen LogP) is 7.75. The van der Waals surface area contributed by atoms with Crippen LogP contribution in [0.3, 0.4) is 0 Å². The van der Waals surface area contributed by atoms with Gasteiger partial charge in [-0.2, -0.15) is 0 Å². The normalized spacial score (nSPS) is 21.2. The lowest BCUT2D eigenvalue weighted by Gasteiger charge is -2.30. The van der Waals surface area contributed by atoms with Crippen molar-refractivity contribution in [1.82, 2.24) is 63.8 Å². The minimum atomic E-state index is -0.921. The summed E-state index contributed by atoms with van der Waals surface area (Å²) in [6, 6.07) is 58.7. The number of ketones is 4. The highest BCUT2D eigenvalue weighted by Gasteiger charge is 2.52. The average Bonchev–Trinajstić information content (AvgIpc) is 1.65. The number of piperidine rings is 3. The first-order valence-electron chi connectivity index (χ1n) is 51.4. The highest BCUT2D eigenvalue weighted by molar-refractivity contribution is 6.01. The molecule has 8 aliphatic rings. The van der Waals surface area contributed by atoms with Crippen molar-refractivity contribution in [2.45, 2.75) is 260 Å². The van der Waals surface area contributed by atoms with E-state index >= 15 is 0 Å². The van der Waals surface area contributed by atoms with Gasteiger partial charge in [-0.1, -0.05) is 198 Å². The fourth-order valence-corrected chi connectivity index (χ4v) is 18.9. The van der Waals surface area contributed by atoms with Crippen molar-refractivity contribution in [3.05, 3.63) is 263 Å². The minimum absolute atomic E-state index is 0.0137. The summed E-state index contributed by atoms with van der Waals surface area (Å²) < 4.78 is 20.9. The maximum atomic E-state index is 13.6. The number of aliphatic hydroxyl groups is 3. The number of nitrogens with one attached hydrogen (secondary N) is 12. The lowest BCUT2D eigenvalue weighted by molar-refractivity contribution is -0.134. The number of rotatable bonds is 44. The molecule has 16 rings (SSSR count). The van der Waals surface area contributed by atoms with Gasteiger partial charge in [0.05, 0.1) is 76.8 Å². The van der Waals surface area contributed by atoms with E-state index in [1.807, 2.05) is 198 Å². The third kappa shape index (κ3) is 32.3. The summed E-state index contributed by atoms with van der Waals surface area (Å²) in [5, 5.41) is 66.0. The molecular formula is C115H144N12O20. The summed E-state index contributed by atoms with van der Waals surface area (Å²) in [5.74, 6) is -1.23.